The molecule has 1 atom stereocenters. The number of ketones is 1. The van der Waals surface area contributed by atoms with E-state index in [1.54, 1.807) is 0 Å². The molecule has 0 amide bonds. The lowest BCUT2D eigenvalue weighted by molar-refractivity contribution is -0.118. The van der Waals surface area contributed by atoms with Crippen LogP contribution in [0, 0.1) is 0 Å². The van der Waals surface area contributed by atoms with E-state index in [1.165, 1.54) is 0 Å². The van der Waals surface area contributed by atoms with Crippen LogP contribution in [0.15, 0.2) is 4.99 Å². The number of hydrogen-bond donors (Lipinski definition) is 3. The summed E-state index contributed by atoms with van der Waals surface area (Å²) in [5.74, 6) is -0.220. The largest absolute Gasteiger partial charge is 0.370 e. The van der Waals surface area contributed by atoms with Gasteiger partial charge in [0.05, 0.1) is 6.04 Å². The minimum atomic E-state index is -0.446. The number of Topliss-reactive ketones (excluding diaryl/α,β-unsaturated/α-hetero) is 1. The number of hydrogen-bond acceptors (Lipinski definition) is 3. The van der Waals surface area contributed by atoms with Gasteiger partial charge in [0.25, 0.3) is 0 Å². The summed E-state index contributed by atoms with van der Waals surface area (Å²) in [6.45, 7) is 1.81. The second-order valence-electron chi connectivity index (χ2n) is 2.22. The van der Waals surface area contributed by atoms with Gasteiger partial charge in [-0.05, 0) is 6.42 Å². The highest BCUT2D eigenvalue weighted by Crippen LogP contribution is 1.88. The van der Waals surface area contributed by atoms with E-state index in [4.69, 9.17) is 17.2 Å². The van der Waals surface area contributed by atoms with Crippen LogP contribution < -0.4 is 17.2 Å². The maximum absolute atomic E-state index is 10.9. The molecule has 0 fully saturated rings. The molecule has 0 rings (SSSR count). The van der Waals surface area contributed by atoms with Crippen molar-refractivity contribution < 1.29 is 4.79 Å². The topological polar surface area (TPSA) is 107 Å². The fraction of sp³-hybridized carbons (Fsp3) is 0.667. The number of aliphatic imine (C=N–C) groups is 1. The third-order valence-electron chi connectivity index (χ3n) is 1.27. The molecule has 64 valence electrons. The van der Waals surface area contributed by atoms with E-state index >= 15 is 0 Å². The molecule has 5 nitrogen and oxygen atoms in total. The normalized spacial score (nSPS) is 12.2. The Kier molecular flexibility index (Phi) is 4.21. The zero-order chi connectivity index (χ0) is 8.85. The first-order valence-corrected chi connectivity index (χ1v) is 3.41. The van der Waals surface area contributed by atoms with E-state index in [-0.39, 0.29) is 18.3 Å². The van der Waals surface area contributed by atoms with Gasteiger partial charge in [0.15, 0.2) is 11.7 Å². The van der Waals surface area contributed by atoms with Crippen molar-refractivity contribution in [2.45, 2.75) is 19.4 Å². The van der Waals surface area contributed by atoms with Gasteiger partial charge >= 0.3 is 0 Å². The Morgan fingerprint density at radius 1 is 1.55 bits per heavy atom. The molecule has 0 aliphatic rings. The molecule has 0 saturated carbocycles. The SMILES string of the molecule is CCC(N)C(=O)CN=C(N)N. The van der Waals surface area contributed by atoms with Crippen LogP contribution in [0.2, 0.25) is 0 Å². The lowest BCUT2D eigenvalue weighted by Gasteiger charge is -2.03. The molecule has 0 aromatic heterocycles. The van der Waals surface area contributed by atoms with Crippen molar-refractivity contribution in [3.63, 3.8) is 0 Å². The van der Waals surface area contributed by atoms with Gasteiger partial charge in [0.1, 0.15) is 6.54 Å². The lowest BCUT2D eigenvalue weighted by atomic mass is 10.1. The summed E-state index contributed by atoms with van der Waals surface area (Å²) in [5, 5.41) is 0. The molecule has 0 bridgehead atoms. The predicted molar refractivity (Wildman–Crippen MR) is 44.0 cm³/mol. The fourth-order valence-electron chi connectivity index (χ4n) is 0.514. The molecule has 5 heteroatoms. The van der Waals surface area contributed by atoms with Crippen LogP contribution >= 0.6 is 0 Å². The first-order chi connectivity index (χ1) is 5.07. The summed E-state index contributed by atoms with van der Waals surface area (Å²) in [7, 11) is 0. The first kappa shape index (κ1) is 9.90. The van der Waals surface area contributed by atoms with E-state index in [2.05, 4.69) is 4.99 Å². The molecule has 0 aromatic carbocycles. The molecule has 0 spiro atoms. The van der Waals surface area contributed by atoms with Gasteiger partial charge in [-0.1, -0.05) is 6.92 Å². The van der Waals surface area contributed by atoms with Gasteiger partial charge in [-0.2, -0.15) is 0 Å². The molecule has 0 heterocycles. The van der Waals surface area contributed by atoms with Crippen molar-refractivity contribution in [1.29, 1.82) is 0 Å². The van der Waals surface area contributed by atoms with E-state index in [0.717, 1.165) is 0 Å². The van der Waals surface area contributed by atoms with Crippen LogP contribution in [0.1, 0.15) is 13.3 Å². The molecular formula is C6H14N4O. The molecule has 1 unspecified atom stereocenters. The molecule has 0 aromatic rings. The van der Waals surface area contributed by atoms with Gasteiger partial charge in [-0.25, -0.2) is 4.99 Å². The second kappa shape index (κ2) is 4.68. The van der Waals surface area contributed by atoms with E-state index in [0.29, 0.717) is 6.42 Å². The molecule has 11 heavy (non-hydrogen) atoms. The number of nitrogens with two attached hydrogens (primary N) is 3. The van der Waals surface area contributed by atoms with Crippen LogP contribution in [-0.4, -0.2) is 24.3 Å². The Balaban J connectivity index is 3.79. The Labute approximate surface area is 65.6 Å². The van der Waals surface area contributed by atoms with Crippen molar-refractivity contribution in [3.8, 4) is 0 Å². The lowest BCUT2D eigenvalue weighted by Crippen LogP contribution is -2.33. The van der Waals surface area contributed by atoms with Gasteiger partial charge in [-0.15, -0.1) is 0 Å². The van der Waals surface area contributed by atoms with Crippen LogP contribution in [-0.2, 0) is 4.79 Å². The zero-order valence-corrected chi connectivity index (χ0v) is 6.58. The maximum Gasteiger partial charge on any atom is 0.186 e. The Bertz CT molecular complexity index is 162. The van der Waals surface area contributed by atoms with Crippen molar-refractivity contribution in [1.82, 2.24) is 0 Å². The third kappa shape index (κ3) is 4.32. The fourth-order valence-corrected chi connectivity index (χ4v) is 0.514. The first-order valence-electron chi connectivity index (χ1n) is 3.41. The molecule has 6 N–H and O–H groups in total. The number of rotatable bonds is 4. The van der Waals surface area contributed by atoms with Crippen molar-refractivity contribution in [2.75, 3.05) is 6.54 Å². The highest BCUT2D eigenvalue weighted by molar-refractivity contribution is 5.88. The molecule has 0 aliphatic heterocycles. The molecule has 0 saturated heterocycles. The van der Waals surface area contributed by atoms with Crippen LogP contribution in [0.25, 0.3) is 0 Å². The molecule has 0 radical (unpaired) electrons. The highest BCUT2D eigenvalue weighted by Gasteiger charge is 2.09. The average molecular weight is 158 g/mol. The van der Waals surface area contributed by atoms with E-state index < -0.39 is 6.04 Å². The van der Waals surface area contributed by atoms with Crippen molar-refractivity contribution in [2.24, 2.45) is 22.2 Å². The Morgan fingerprint density at radius 3 is 2.45 bits per heavy atom. The predicted octanol–water partition coefficient (Wildman–Crippen LogP) is -1.43. The van der Waals surface area contributed by atoms with Crippen LogP contribution in [0.3, 0.4) is 0 Å². The summed E-state index contributed by atoms with van der Waals surface area (Å²) in [6.07, 6.45) is 0.610. The van der Waals surface area contributed by atoms with Gasteiger partial charge in [0, 0.05) is 0 Å². The summed E-state index contributed by atoms with van der Waals surface area (Å²) in [6, 6.07) is -0.446. The monoisotopic (exact) mass is 158 g/mol. The Hall–Kier alpha value is -1.10. The minimum absolute atomic E-state index is 0.0165. The minimum Gasteiger partial charge on any atom is -0.370 e. The van der Waals surface area contributed by atoms with Gasteiger partial charge < -0.3 is 17.2 Å². The second-order valence-corrected chi connectivity index (χ2v) is 2.22. The summed E-state index contributed by atoms with van der Waals surface area (Å²) < 4.78 is 0. The van der Waals surface area contributed by atoms with E-state index in [9.17, 15) is 4.79 Å². The smallest absolute Gasteiger partial charge is 0.186 e. The number of guanidine groups is 1. The number of carbonyl (C=O) groups excluding carboxylic acids is 1. The van der Waals surface area contributed by atoms with Gasteiger partial charge in [0.2, 0.25) is 0 Å². The number of nitrogens with zero attached hydrogens (tertiary/aromatic N) is 1. The van der Waals surface area contributed by atoms with Crippen molar-refractivity contribution >= 4 is 11.7 Å². The average Bonchev–Trinajstić information content (AvgIpc) is 1.98. The highest BCUT2D eigenvalue weighted by atomic mass is 16.1. The summed E-state index contributed by atoms with van der Waals surface area (Å²) in [5.41, 5.74) is 15.4. The standard InChI is InChI=1S/C6H14N4O/c1-2-4(7)5(11)3-10-6(8)9/h4H,2-3,7H2,1H3,(H4,8,9,10). The van der Waals surface area contributed by atoms with Gasteiger partial charge in [-0.3, -0.25) is 4.79 Å². The zero-order valence-electron chi connectivity index (χ0n) is 6.58. The molecule has 0 aliphatic carbocycles. The third-order valence-corrected chi connectivity index (χ3v) is 1.27. The van der Waals surface area contributed by atoms with Crippen LogP contribution in [0.5, 0.6) is 0 Å². The quantitative estimate of drug-likeness (QED) is 0.344. The Morgan fingerprint density at radius 2 is 2.09 bits per heavy atom. The number of carbonyl (C=O) groups is 1. The maximum atomic E-state index is 10.9. The van der Waals surface area contributed by atoms with Crippen molar-refractivity contribution in [3.05, 3.63) is 0 Å². The summed E-state index contributed by atoms with van der Waals surface area (Å²) in [4.78, 5) is 14.5. The van der Waals surface area contributed by atoms with Crippen LogP contribution in [0.4, 0.5) is 0 Å². The molecular weight excluding hydrogens is 144 g/mol. The summed E-state index contributed by atoms with van der Waals surface area (Å²) >= 11 is 0. The van der Waals surface area contributed by atoms with E-state index in [1.807, 2.05) is 6.92 Å².